The second-order valence-electron chi connectivity index (χ2n) is 10.4. The summed E-state index contributed by atoms with van der Waals surface area (Å²) in [6, 6.07) is 2.18. The lowest BCUT2D eigenvalue weighted by Crippen LogP contribution is -2.41. The van der Waals surface area contributed by atoms with E-state index in [1.54, 1.807) is 0 Å². The van der Waals surface area contributed by atoms with E-state index >= 15 is 0 Å². The van der Waals surface area contributed by atoms with Crippen molar-refractivity contribution in [2.45, 2.75) is 71.9 Å². The van der Waals surface area contributed by atoms with Crippen LogP contribution >= 0.6 is 0 Å². The Morgan fingerprint density at radius 3 is 2.75 bits per heavy atom. The Bertz CT molecular complexity index is 1210. The SMILES string of the molecule is Cc1cc(N2CCc3c(c(C)nn3CCCCCNCC(=O)N3CCCCC3)C2)c2cnn(C)c2n1. The number of nitrogens with one attached hydrogen (secondary N) is 1. The van der Waals surface area contributed by atoms with Crippen LogP contribution in [0.4, 0.5) is 5.69 Å². The van der Waals surface area contributed by atoms with Crippen LogP contribution in [0.3, 0.4) is 0 Å². The average Bonchev–Trinajstić information content (AvgIpc) is 3.42. The van der Waals surface area contributed by atoms with Crippen LogP contribution in [-0.2, 0) is 31.4 Å². The highest BCUT2D eigenvalue weighted by Crippen LogP contribution is 2.32. The third-order valence-corrected chi connectivity index (χ3v) is 7.70. The van der Waals surface area contributed by atoms with Gasteiger partial charge in [-0.3, -0.25) is 14.2 Å². The summed E-state index contributed by atoms with van der Waals surface area (Å²) in [5.74, 6) is 0.258. The van der Waals surface area contributed by atoms with Gasteiger partial charge in [-0.15, -0.1) is 0 Å². The Morgan fingerprint density at radius 1 is 1.08 bits per heavy atom. The normalized spacial score (nSPS) is 16.1. The van der Waals surface area contributed by atoms with Crippen LogP contribution in [0.5, 0.6) is 0 Å². The van der Waals surface area contributed by atoms with Gasteiger partial charge in [0, 0.05) is 63.1 Å². The zero-order valence-corrected chi connectivity index (χ0v) is 22.1. The van der Waals surface area contributed by atoms with Gasteiger partial charge in [-0.25, -0.2) is 4.98 Å². The molecule has 194 valence electrons. The van der Waals surface area contributed by atoms with E-state index in [2.05, 4.69) is 44.9 Å². The monoisotopic (exact) mass is 492 g/mol. The molecule has 5 rings (SSSR count). The number of nitrogens with zero attached hydrogens (tertiary/aromatic N) is 7. The Labute approximate surface area is 213 Å². The molecule has 3 aromatic heterocycles. The van der Waals surface area contributed by atoms with Crippen molar-refractivity contribution < 1.29 is 4.79 Å². The smallest absolute Gasteiger partial charge is 0.236 e. The van der Waals surface area contributed by atoms with Crippen LogP contribution in [0.25, 0.3) is 11.0 Å². The number of aryl methyl sites for hydroxylation is 4. The Morgan fingerprint density at radius 2 is 1.92 bits per heavy atom. The number of carbonyl (C=O) groups excluding carboxylic acids is 1. The summed E-state index contributed by atoms with van der Waals surface area (Å²) >= 11 is 0. The van der Waals surface area contributed by atoms with Gasteiger partial charge in [0.1, 0.15) is 0 Å². The zero-order chi connectivity index (χ0) is 25.1. The molecule has 0 atom stereocenters. The molecular formula is C27H40N8O. The summed E-state index contributed by atoms with van der Waals surface area (Å²) in [7, 11) is 1.95. The first-order chi connectivity index (χ1) is 17.5. The van der Waals surface area contributed by atoms with Crippen molar-refractivity contribution in [1.82, 2.24) is 34.8 Å². The minimum Gasteiger partial charge on any atom is -0.366 e. The minimum atomic E-state index is 0.258. The maximum Gasteiger partial charge on any atom is 0.236 e. The fourth-order valence-electron chi connectivity index (χ4n) is 5.67. The van der Waals surface area contributed by atoms with Gasteiger partial charge in [-0.2, -0.15) is 10.2 Å². The van der Waals surface area contributed by atoms with Gasteiger partial charge in [-0.05, 0) is 58.6 Å². The Kier molecular flexibility index (Phi) is 7.55. The Balaban J connectivity index is 1.11. The maximum absolute atomic E-state index is 12.2. The molecule has 1 N–H and O–H groups in total. The van der Waals surface area contributed by atoms with Crippen molar-refractivity contribution in [3.63, 3.8) is 0 Å². The predicted molar refractivity (Wildman–Crippen MR) is 142 cm³/mol. The van der Waals surface area contributed by atoms with Crippen molar-refractivity contribution in [1.29, 1.82) is 0 Å². The number of pyridine rings is 1. The van der Waals surface area contributed by atoms with E-state index in [-0.39, 0.29) is 5.91 Å². The lowest BCUT2D eigenvalue weighted by Gasteiger charge is -2.30. The molecule has 1 saturated heterocycles. The lowest BCUT2D eigenvalue weighted by atomic mass is 10.0. The molecule has 36 heavy (non-hydrogen) atoms. The van der Waals surface area contributed by atoms with Crippen LogP contribution in [0.1, 0.15) is 61.2 Å². The van der Waals surface area contributed by atoms with Crippen LogP contribution in [0.2, 0.25) is 0 Å². The predicted octanol–water partition coefficient (Wildman–Crippen LogP) is 3.12. The van der Waals surface area contributed by atoms with E-state index in [0.717, 1.165) is 100 Å². The van der Waals surface area contributed by atoms with Crippen molar-refractivity contribution in [3.05, 3.63) is 34.9 Å². The van der Waals surface area contributed by atoms with E-state index in [1.165, 1.54) is 23.4 Å². The number of hydrogen-bond donors (Lipinski definition) is 1. The number of amides is 1. The first-order valence-corrected chi connectivity index (χ1v) is 13.6. The van der Waals surface area contributed by atoms with Crippen molar-refractivity contribution in [2.75, 3.05) is 37.6 Å². The number of unbranched alkanes of at least 4 members (excludes halogenated alkanes) is 2. The summed E-state index contributed by atoms with van der Waals surface area (Å²) in [4.78, 5) is 21.4. The molecular weight excluding hydrogens is 452 g/mol. The zero-order valence-electron chi connectivity index (χ0n) is 22.1. The maximum atomic E-state index is 12.2. The van der Waals surface area contributed by atoms with E-state index in [0.29, 0.717) is 6.54 Å². The van der Waals surface area contributed by atoms with E-state index < -0.39 is 0 Å². The largest absolute Gasteiger partial charge is 0.366 e. The van der Waals surface area contributed by atoms with E-state index in [4.69, 9.17) is 5.10 Å². The molecule has 0 spiro atoms. The third-order valence-electron chi connectivity index (χ3n) is 7.70. The van der Waals surface area contributed by atoms with Gasteiger partial charge in [0.2, 0.25) is 5.91 Å². The van der Waals surface area contributed by atoms with Gasteiger partial charge >= 0.3 is 0 Å². The molecule has 0 bridgehead atoms. The number of likely N-dealkylation sites (tertiary alicyclic amines) is 1. The standard InChI is InChI=1S/C27H40N8O/c1-20-16-25(22-17-29-32(3)27(22)30-20)34-15-10-24-23(19-34)21(2)31-35(24)14-9-4-6-11-28-18-26(36)33-12-7-5-8-13-33/h16-17,28H,4-15,18-19H2,1-3H3. The van der Waals surface area contributed by atoms with Crippen LogP contribution in [-0.4, -0.2) is 68.1 Å². The van der Waals surface area contributed by atoms with Crippen molar-refractivity contribution in [2.24, 2.45) is 7.05 Å². The topological polar surface area (TPSA) is 84.1 Å². The summed E-state index contributed by atoms with van der Waals surface area (Å²) in [6.07, 6.45) is 9.83. The molecule has 0 saturated carbocycles. The number of carbonyl (C=O) groups is 1. The summed E-state index contributed by atoms with van der Waals surface area (Å²) in [5, 5.41) is 13.8. The number of hydrogen-bond acceptors (Lipinski definition) is 6. The Hall–Kier alpha value is -2.94. The molecule has 0 radical (unpaired) electrons. The second-order valence-corrected chi connectivity index (χ2v) is 10.4. The van der Waals surface area contributed by atoms with Gasteiger partial charge < -0.3 is 15.1 Å². The summed E-state index contributed by atoms with van der Waals surface area (Å²) in [6.45, 7) is 10.2. The van der Waals surface area contributed by atoms with Crippen LogP contribution in [0, 0.1) is 13.8 Å². The van der Waals surface area contributed by atoms with Crippen molar-refractivity contribution >= 4 is 22.6 Å². The van der Waals surface area contributed by atoms with Crippen molar-refractivity contribution in [3.8, 4) is 0 Å². The second kappa shape index (κ2) is 11.0. The molecule has 9 nitrogen and oxygen atoms in total. The van der Waals surface area contributed by atoms with Gasteiger partial charge in [0.05, 0.1) is 29.5 Å². The first kappa shape index (κ1) is 24.7. The molecule has 0 unspecified atom stereocenters. The molecule has 1 amide bonds. The number of rotatable bonds is 9. The number of fused-ring (bicyclic) bond motifs is 2. The molecule has 9 heteroatoms. The molecule has 1 fully saturated rings. The van der Waals surface area contributed by atoms with Gasteiger partial charge in [0.25, 0.3) is 0 Å². The summed E-state index contributed by atoms with van der Waals surface area (Å²) in [5.41, 5.74) is 7.07. The van der Waals surface area contributed by atoms with E-state index in [9.17, 15) is 4.79 Å². The molecule has 0 aromatic carbocycles. The molecule has 0 aliphatic carbocycles. The van der Waals surface area contributed by atoms with Crippen LogP contribution in [0.15, 0.2) is 12.3 Å². The van der Waals surface area contributed by atoms with E-state index in [1.807, 2.05) is 22.8 Å². The number of anilines is 1. The highest BCUT2D eigenvalue weighted by molar-refractivity contribution is 5.89. The molecule has 5 heterocycles. The average molecular weight is 493 g/mol. The number of piperidine rings is 1. The first-order valence-electron chi connectivity index (χ1n) is 13.6. The molecule has 3 aromatic rings. The molecule has 2 aliphatic heterocycles. The lowest BCUT2D eigenvalue weighted by molar-refractivity contribution is -0.131. The third kappa shape index (κ3) is 5.26. The summed E-state index contributed by atoms with van der Waals surface area (Å²) < 4.78 is 4.10. The molecule has 2 aliphatic rings. The fraction of sp³-hybridized carbons (Fsp3) is 0.630. The van der Waals surface area contributed by atoms with Gasteiger partial charge in [-0.1, -0.05) is 6.42 Å². The quantitative estimate of drug-likeness (QED) is 0.462. The van der Waals surface area contributed by atoms with Gasteiger partial charge in [0.15, 0.2) is 5.65 Å². The highest BCUT2D eigenvalue weighted by Gasteiger charge is 2.25. The fourth-order valence-corrected chi connectivity index (χ4v) is 5.67. The highest BCUT2D eigenvalue weighted by atomic mass is 16.2. The minimum absolute atomic E-state index is 0.258. The van der Waals surface area contributed by atoms with Crippen LogP contribution < -0.4 is 10.2 Å². The number of aromatic nitrogens is 5.